The van der Waals surface area contributed by atoms with Gasteiger partial charge in [0.15, 0.2) is 0 Å². The zero-order chi connectivity index (χ0) is 11.1. The van der Waals surface area contributed by atoms with E-state index in [0.29, 0.717) is 0 Å². The largest absolute Gasteiger partial charge is 1.00 e. The Balaban J connectivity index is 0. The molecule has 0 heterocycles. The Bertz CT molecular complexity index is 291. The summed E-state index contributed by atoms with van der Waals surface area (Å²) in [7, 11) is 0. The number of hydrogen-bond donors (Lipinski definition) is 0. The van der Waals surface area contributed by atoms with Crippen LogP contribution >= 0.6 is 0 Å². The van der Waals surface area contributed by atoms with E-state index in [1.165, 1.54) is 0 Å². The van der Waals surface area contributed by atoms with Gasteiger partial charge in [-0.25, -0.2) is 8.78 Å². The molecule has 1 atom stereocenters. The molecule has 1 aliphatic rings. The average Bonchev–Trinajstić information content (AvgIpc) is 2.57. The van der Waals surface area contributed by atoms with Crippen LogP contribution in [-0.4, -0.2) is 23.7 Å². The molecule has 15 heavy (non-hydrogen) atoms. The maximum Gasteiger partial charge on any atom is 1.00 e. The van der Waals surface area contributed by atoms with Crippen LogP contribution in [0, 0.1) is 5.92 Å². The third-order valence-electron chi connectivity index (χ3n) is 1.87. The van der Waals surface area contributed by atoms with E-state index in [1.807, 2.05) is 0 Å². The molecule has 2 nitrogen and oxygen atoms in total. The van der Waals surface area contributed by atoms with E-state index in [4.69, 9.17) is 0 Å². The van der Waals surface area contributed by atoms with E-state index in [0.717, 1.165) is 0 Å². The van der Waals surface area contributed by atoms with Crippen molar-refractivity contribution in [1.82, 2.24) is 0 Å². The molecular formula is C7H6F5NaO2. The van der Waals surface area contributed by atoms with Crippen LogP contribution in [-0.2, 0) is 9.59 Å². The molecular weight excluding hydrogens is 234 g/mol. The second-order valence-electron chi connectivity index (χ2n) is 3.08. The van der Waals surface area contributed by atoms with Crippen LogP contribution in [0.3, 0.4) is 0 Å². The minimum Gasteiger partial charge on any atom is -1.00 e. The number of carbonyl (C=O) groups excluding carboxylic acids is 2. The predicted octanol–water partition coefficient (Wildman–Crippen LogP) is -1.15. The Labute approximate surface area is 105 Å². The van der Waals surface area contributed by atoms with E-state index in [1.54, 1.807) is 0 Å². The summed E-state index contributed by atoms with van der Waals surface area (Å²) in [6.07, 6.45) is -7.36. The molecule has 1 rings (SSSR count). The van der Waals surface area contributed by atoms with E-state index in [9.17, 15) is 31.5 Å². The van der Waals surface area contributed by atoms with Gasteiger partial charge < -0.3 is 1.43 Å². The Morgan fingerprint density at radius 3 is 2.00 bits per heavy atom. The third-order valence-corrected chi connectivity index (χ3v) is 1.87. The van der Waals surface area contributed by atoms with Gasteiger partial charge in [0.25, 0.3) is 5.92 Å². The number of ketones is 2. The van der Waals surface area contributed by atoms with Crippen molar-refractivity contribution in [1.29, 1.82) is 0 Å². The Hall–Kier alpha value is -0.0100. The zero-order valence-corrected chi connectivity index (χ0v) is 9.70. The number of alkyl halides is 5. The molecule has 0 bridgehead atoms. The van der Waals surface area contributed by atoms with Crippen molar-refractivity contribution >= 4 is 11.6 Å². The van der Waals surface area contributed by atoms with Gasteiger partial charge in [0, 0.05) is 6.42 Å². The fourth-order valence-electron chi connectivity index (χ4n) is 0.944. The second-order valence-corrected chi connectivity index (χ2v) is 3.08. The Kier molecular flexibility index (Phi) is 4.46. The number of hydrogen-bond acceptors (Lipinski definition) is 2. The molecule has 0 amide bonds. The molecule has 1 aliphatic carbocycles. The van der Waals surface area contributed by atoms with Crippen molar-refractivity contribution in [3.63, 3.8) is 0 Å². The van der Waals surface area contributed by atoms with E-state index in [2.05, 4.69) is 0 Å². The van der Waals surface area contributed by atoms with Crippen LogP contribution in [0.5, 0.6) is 0 Å². The Morgan fingerprint density at radius 1 is 1.33 bits per heavy atom. The molecule has 8 heteroatoms. The van der Waals surface area contributed by atoms with Crippen molar-refractivity contribution in [3.05, 3.63) is 0 Å². The molecule has 0 aromatic rings. The van der Waals surface area contributed by atoms with Gasteiger partial charge in [-0.2, -0.15) is 13.2 Å². The van der Waals surface area contributed by atoms with Gasteiger partial charge in [-0.15, -0.1) is 0 Å². The number of halogens is 5. The van der Waals surface area contributed by atoms with Crippen LogP contribution < -0.4 is 29.6 Å². The molecule has 0 spiro atoms. The fraction of sp³-hybridized carbons (Fsp3) is 0.714. The monoisotopic (exact) mass is 240 g/mol. The predicted molar refractivity (Wildman–Crippen MR) is 34.9 cm³/mol. The van der Waals surface area contributed by atoms with E-state index < -0.39 is 42.4 Å². The molecule has 0 saturated heterocycles. The van der Waals surface area contributed by atoms with Crippen LogP contribution in [0.15, 0.2) is 0 Å². The number of rotatable bonds is 3. The molecule has 0 aromatic heterocycles. The first-order valence-electron chi connectivity index (χ1n) is 3.65. The fourth-order valence-corrected chi connectivity index (χ4v) is 0.944. The molecule has 1 unspecified atom stereocenters. The number of carbonyl (C=O) groups is 2. The summed E-state index contributed by atoms with van der Waals surface area (Å²) in [5, 5.41) is 0. The molecule has 1 saturated carbocycles. The maximum atomic E-state index is 12.2. The van der Waals surface area contributed by atoms with Gasteiger partial charge in [-0.3, -0.25) is 9.59 Å². The summed E-state index contributed by atoms with van der Waals surface area (Å²) in [6.45, 7) is 0. The van der Waals surface area contributed by atoms with Gasteiger partial charge in [0.05, 0.1) is 12.3 Å². The topological polar surface area (TPSA) is 34.1 Å². The van der Waals surface area contributed by atoms with Gasteiger partial charge in [0.2, 0.25) is 5.78 Å². The van der Waals surface area contributed by atoms with Gasteiger partial charge >= 0.3 is 35.7 Å². The van der Waals surface area contributed by atoms with Crippen LogP contribution in [0.2, 0.25) is 0 Å². The quantitative estimate of drug-likeness (QED) is 0.354. The van der Waals surface area contributed by atoms with Gasteiger partial charge in [-0.05, 0) is 0 Å². The molecule has 82 valence electrons. The molecule has 0 radical (unpaired) electrons. The SMILES string of the molecule is O=C(CC(=O)C(F)(F)F)C1CC1(F)F.[H-].[Na+]. The van der Waals surface area contributed by atoms with E-state index in [-0.39, 0.29) is 31.0 Å². The smallest absolute Gasteiger partial charge is 1.00 e. The molecule has 0 aromatic carbocycles. The summed E-state index contributed by atoms with van der Waals surface area (Å²) in [5.74, 6) is -8.53. The zero-order valence-electron chi connectivity index (χ0n) is 8.70. The minimum absolute atomic E-state index is 0. The summed E-state index contributed by atoms with van der Waals surface area (Å²) < 4.78 is 59.2. The average molecular weight is 240 g/mol. The van der Waals surface area contributed by atoms with Crippen LogP contribution in [0.4, 0.5) is 22.0 Å². The molecule has 1 fully saturated rings. The molecule has 0 N–H and O–H groups in total. The minimum atomic E-state index is -5.13. The first kappa shape index (κ1) is 15.0. The summed E-state index contributed by atoms with van der Waals surface area (Å²) in [6, 6.07) is 0. The normalized spacial score (nSPS) is 22.9. The summed E-state index contributed by atoms with van der Waals surface area (Å²) in [4.78, 5) is 20.9. The maximum absolute atomic E-state index is 12.2. The van der Waals surface area contributed by atoms with E-state index >= 15 is 0 Å². The first-order valence-corrected chi connectivity index (χ1v) is 3.65. The first-order chi connectivity index (χ1) is 6.14. The number of Topliss-reactive ketones (excluding diaryl/α,β-unsaturated/α-hetero) is 2. The summed E-state index contributed by atoms with van der Waals surface area (Å²) in [5.41, 5.74) is 0. The van der Waals surface area contributed by atoms with Crippen LogP contribution in [0.25, 0.3) is 0 Å². The van der Waals surface area contributed by atoms with Crippen molar-refractivity contribution in [3.8, 4) is 0 Å². The second kappa shape index (κ2) is 4.47. The third kappa shape index (κ3) is 3.81. The van der Waals surface area contributed by atoms with Crippen LogP contribution in [0.1, 0.15) is 14.3 Å². The Morgan fingerprint density at radius 2 is 1.73 bits per heavy atom. The van der Waals surface area contributed by atoms with Gasteiger partial charge in [-0.1, -0.05) is 0 Å². The van der Waals surface area contributed by atoms with Crippen molar-refractivity contribution < 1.29 is 62.5 Å². The standard InChI is InChI=1S/C7H5F5O2.Na.H/c8-6(9)2-3(6)4(13)1-5(14)7(10,11)12;;/h3H,1-2H2;;/q;+1;-1. The molecule has 0 aliphatic heterocycles. The van der Waals surface area contributed by atoms with Crippen molar-refractivity contribution in [2.75, 3.05) is 0 Å². The van der Waals surface area contributed by atoms with Crippen molar-refractivity contribution in [2.24, 2.45) is 5.92 Å². The van der Waals surface area contributed by atoms with Crippen molar-refractivity contribution in [2.45, 2.75) is 24.9 Å². The van der Waals surface area contributed by atoms with Gasteiger partial charge in [0.1, 0.15) is 5.78 Å². The summed E-state index contributed by atoms with van der Waals surface area (Å²) >= 11 is 0.